The van der Waals surface area contributed by atoms with Crippen molar-refractivity contribution in [1.82, 2.24) is 0 Å². The van der Waals surface area contributed by atoms with Gasteiger partial charge in [0.1, 0.15) is 11.5 Å². The predicted octanol–water partition coefficient (Wildman–Crippen LogP) is 5.34. The number of benzene rings is 3. The van der Waals surface area contributed by atoms with Gasteiger partial charge in [0, 0.05) is 0 Å². The van der Waals surface area contributed by atoms with E-state index in [1.54, 1.807) is 60.7 Å². The summed E-state index contributed by atoms with van der Waals surface area (Å²) in [6, 6.07) is 24.5. The molecule has 0 bridgehead atoms. The van der Waals surface area contributed by atoms with Gasteiger partial charge < -0.3 is 14.2 Å². The van der Waals surface area contributed by atoms with E-state index >= 15 is 0 Å². The summed E-state index contributed by atoms with van der Waals surface area (Å²) in [5.41, 5.74) is 1.51. The molecule has 0 fully saturated rings. The van der Waals surface area contributed by atoms with Crippen molar-refractivity contribution < 1.29 is 18.7 Å². The summed E-state index contributed by atoms with van der Waals surface area (Å²) in [7, 11) is -3.94. The molecular weight excluding hydrogens is 335 g/mol. The standard InChI is InChI=1S/C20H19O4P/c1-16-12-14-17(15-13-16)20(21)25(22,23-18-8-4-2-5-9-18)24-19-10-6-3-7-11-19/h2-15,20-21H,1H3/t20-/m1/s1. The monoisotopic (exact) mass is 354 g/mol. The molecule has 0 unspecified atom stereocenters. The van der Waals surface area contributed by atoms with E-state index in [1.807, 2.05) is 31.2 Å². The van der Waals surface area contributed by atoms with Crippen LogP contribution in [0, 0.1) is 6.92 Å². The van der Waals surface area contributed by atoms with Crippen LogP contribution in [-0.4, -0.2) is 5.11 Å². The number of para-hydroxylation sites is 2. The summed E-state index contributed by atoms with van der Waals surface area (Å²) in [6.07, 6.45) is 0. The molecule has 0 aliphatic rings. The van der Waals surface area contributed by atoms with E-state index in [9.17, 15) is 9.67 Å². The maximum atomic E-state index is 13.4. The van der Waals surface area contributed by atoms with Crippen molar-refractivity contribution >= 4 is 7.60 Å². The summed E-state index contributed by atoms with van der Waals surface area (Å²) >= 11 is 0. The minimum atomic E-state index is -3.94. The van der Waals surface area contributed by atoms with Crippen molar-refractivity contribution in [3.05, 3.63) is 96.1 Å². The molecule has 0 aromatic heterocycles. The van der Waals surface area contributed by atoms with Crippen molar-refractivity contribution in [2.24, 2.45) is 0 Å². The fourth-order valence-electron chi connectivity index (χ4n) is 2.30. The molecule has 0 aliphatic heterocycles. The normalized spacial score (nSPS) is 12.4. The molecule has 4 nitrogen and oxygen atoms in total. The third-order valence-electron chi connectivity index (χ3n) is 3.63. The highest BCUT2D eigenvalue weighted by atomic mass is 31.2. The van der Waals surface area contributed by atoms with E-state index in [4.69, 9.17) is 9.05 Å². The van der Waals surface area contributed by atoms with Crippen LogP contribution in [0.4, 0.5) is 0 Å². The summed E-state index contributed by atoms with van der Waals surface area (Å²) in [4.78, 5) is 0. The van der Waals surface area contributed by atoms with Gasteiger partial charge in [0.15, 0.2) is 0 Å². The Morgan fingerprint density at radius 2 is 1.20 bits per heavy atom. The molecule has 25 heavy (non-hydrogen) atoms. The molecule has 3 aromatic carbocycles. The van der Waals surface area contributed by atoms with Gasteiger partial charge in [-0.2, -0.15) is 0 Å². The van der Waals surface area contributed by atoms with Crippen LogP contribution in [0.25, 0.3) is 0 Å². The Bertz CT molecular complexity index is 802. The van der Waals surface area contributed by atoms with Gasteiger partial charge in [-0.05, 0) is 36.8 Å². The second-order valence-corrected chi connectivity index (χ2v) is 7.57. The molecule has 0 amide bonds. The van der Waals surface area contributed by atoms with Crippen LogP contribution in [0.1, 0.15) is 17.0 Å². The predicted molar refractivity (Wildman–Crippen MR) is 97.9 cm³/mol. The van der Waals surface area contributed by atoms with Gasteiger partial charge in [-0.25, -0.2) is 4.57 Å². The molecule has 1 N–H and O–H groups in total. The van der Waals surface area contributed by atoms with Crippen LogP contribution in [0.5, 0.6) is 11.5 Å². The Kier molecular flexibility index (Phi) is 5.22. The molecule has 1 atom stereocenters. The number of aryl methyl sites for hydroxylation is 1. The van der Waals surface area contributed by atoms with E-state index < -0.39 is 13.4 Å². The van der Waals surface area contributed by atoms with E-state index in [1.165, 1.54) is 0 Å². The molecular formula is C20H19O4P. The first-order valence-electron chi connectivity index (χ1n) is 7.90. The van der Waals surface area contributed by atoms with Crippen molar-refractivity contribution in [2.45, 2.75) is 12.8 Å². The zero-order valence-corrected chi connectivity index (χ0v) is 14.7. The van der Waals surface area contributed by atoms with Gasteiger partial charge in [-0.1, -0.05) is 66.2 Å². The second-order valence-electron chi connectivity index (χ2n) is 5.63. The zero-order chi connectivity index (χ0) is 17.7. The molecule has 3 rings (SSSR count). The first-order valence-corrected chi connectivity index (χ1v) is 9.52. The van der Waals surface area contributed by atoms with Crippen molar-refractivity contribution in [2.75, 3.05) is 0 Å². The number of hydrogen-bond donors (Lipinski definition) is 1. The van der Waals surface area contributed by atoms with Gasteiger partial charge in [0.05, 0.1) is 0 Å². The Hall–Kier alpha value is -2.55. The van der Waals surface area contributed by atoms with Crippen LogP contribution >= 0.6 is 7.60 Å². The van der Waals surface area contributed by atoms with Crippen molar-refractivity contribution in [1.29, 1.82) is 0 Å². The SMILES string of the molecule is Cc1ccc([C@H](O)P(=O)(Oc2ccccc2)Oc2ccccc2)cc1. The molecule has 0 spiro atoms. The van der Waals surface area contributed by atoms with Gasteiger partial charge in [0.2, 0.25) is 5.85 Å². The number of aliphatic hydroxyl groups is 1. The molecule has 0 heterocycles. The lowest BCUT2D eigenvalue weighted by Crippen LogP contribution is -2.10. The highest BCUT2D eigenvalue weighted by Gasteiger charge is 2.39. The van der Waals surface area contributed by atoms with Crippen LogP contribution in [0.15, 0.2) is 84.9 Å². The summed E-state index contributed by atoms with van der Waals surface area (Å²) in [5.74, 6) is -0.672. The maximum Gasteiger partial charge on any atom is 0.463 e. The highest BCUT2D eigenvalue weighted by molar-refractivity contribution is 7.54. The largest absolute Gasteiger partial charge is 0.463 e. The number of hydrogen-bond acceptors (Lipinski definition) is 4. The fraction of sp³-hybridized carbons (Fsp3) is 0.100. The third kappa shape index (κ3) is 4.30. The average molecular weight is 354 g/mol. The Morgan fingerprint density at radius 3 is 1.64 bits per heavy atom. The number of aliphatic hydroxyl groups excluding tert-OH is 1. The molecule has 5 heteroatoms. The van der Waals surface area contributed by atoms with E-state index in [-0.39, 0.29) is 0 Å². The lowest BCUT2D eigenvalue weighted by Gasteiger charge is -2.24. The van der Waals surface area contributed by atoms with Crippen molar-refractivity contribution in [3.63, 3.8) is 0 Å². The first kappa shape index (κ1) is 17.3. The topological polar surface area (TPSA) is 55.8 Å². The van der Waals surface area contributed by atoms with Crippen LogP contribution in [-0.2, 0) is 4.57 Å². The lowest BCUT2D eigenvalue weighted by molar-refractivity contribution is 0.212. The summed E-state index contributed by atoms with van der Waals surface area (Å²) < 4.78 is 24.7. The summed E-state index contributed by atoms with van der Waals surface area (Å²) in [6.45, 7) is 1.94. The smallest absolute Gasteiger partial charge is 0.414 e. The molecule has 0 aliphatic carbocycles. The van der Waals surface area contributed by atoms with Crippen LogP contribution < -0.4 is 9.05 Å². The first-order chi connectivity index (χ1) is 12.1. The van der Waals surface area contributed by atoms with Gasteiger partial charge in [0.25, 0.3) is 0 Å². The molecule has 0 saturated carbocycles. The molecule has 0 radical (unpaired) electrons. The Morgan fingerprint density at radius 1 is 0.760 bits per heavy atom. The third-order valence-corrected chi connectivity index (χ3v) is 5.45. The Labute approximate surface area is 147 Å². The quantitative estimate of drug-likeness (QED) is 0.607. The molecule has 128 valence electrons. The Balaban J connectivity index is 1.95. The maximum absolute atomic E-state index is 13.4. The van der Waals surface area contributed by atoms with E-state index in [0.29, 0.717) is 17.1 Å². The van der Waals surface area contributed by atoms with E-state index in [2.05, 4.69) is 0 Å². The molecule has 3 aromatic rings. The van der Waals surface area contributed by atoms with E-state index in [0.717, 1.165) is 5.56 Å². The lowest BCUT2D eigenvalue weighted by atomic mass is 10.2. The van der Waals surface area contributed by atoms with Gasteiger partial charge in [-0.3, -0.25) is 0 Å². The van der Waals surface area contributed by atoms with Crippen LogP contribution in [0.3, 0.4) is 0 Å². The number of rotatable bonds is 6. The minimum Gasteiger partial charge on any atom is -0.414 e. The summed E-state index contributed by atoms with van der Waals surface area (Å²) in [5, 5.41) is 10.7. The van der Waals surface area contributed by atoms with Gasteiger partial charge >= 0.3 is 7.60 Å². The zero-order valence-electron chi connectivity index (χ0n) is 13.8. The van der Waals surface area contributed by atoms with Crippen molar-refractivity contribution in [3.8, 4) is 11.5 Å². The van der Waals surface area contributed by atoms with Crippen LogP contribution in [0.2, 0.25) is 0 Å². The minimum absolute atomic E-state index is 0.368. The van der Waals surface area contributed by atoms with Gasteiger partial charge in [-0.15, -0.1) is 0 Å². The average Bonchev–Trinajstić information content (AvgIpc) is 2.63. The molecule has 0 saturated heterocycles. The highest BCUT2D eigenvalue weighted by Crippen LogP contribution is 2.58. The second kappa shape index (κ2) is 7.56. The fourth-order valence-corrected chi connectivity index (χ4v) is 3.90.